The Morgan fingerprint density at radius 2 is 1.79 bits per heavy atom. The first-order valence-electron chi connectivity index (χ1n) is 8.84. The Balaban J connectivity index is 1.83. The predicted molar refractivity (Wildman–Crippen MR) is 110 cm³/mol. The van der Waals surface area contributed by atoms with Gasteiger partial charge in [0.25, 0.3) is 0 Å². The number of nitrogens with zero attached hydrogens (tertiary/aromatic N) is 2. The third-order valence-electron chi connectivity index (χ3n) is 4.09. The molecule has 0 atom stereocenters. The van der Waals surface area contributed by atoms with Gasteiger partial charge >= 0.3 is 0 Å². The lowest BCUT2D eigenvalue weighted by molar-refractivity contribution is -0.116. The van der Waals surface area contributed by atoms with Crippen LogP contribution in [0, 0.1) is 0 Å². The fourth-order valence-corrected chi connectivity index (χ4v) is 2.70. The minimum atomic E-state index is -0.110. The molecule has 3 aromatic rings. The van der Waals surface area contributed by atoms with Crippen molar-refractivity contribution in [3.8, 4) is 11.5 Å². The molecule has 7 heteroatoms. The summed E-state index contributed by atoms with van der Waals surface area (Å²) in [6.07, 6.45) is 4.79. The van der Waals surface area contributed by atoms with Crippen LogP contribution in [0.25, 0.3) is 17.0 Å². The zero-order valence-electron chi connectivity index (χ0n) is 16.0. The molecule has 144 valence electrons. The van der Waals surface area contributed by atoms with Gasteiger partial charge in [0.2, 0.25) is 5.91 Å². The molecule has 2 aromatic carbocycles. The smallest absolute Gasteiger partial charge is 0.243 e. The highest BCUT2D eigenvalue weighted by Crippen LogP contribution is 2.34. The molecule has 0 radical (unpaired) electrons. The maximum atomic E-state index is 11.5. The van der Waals surface area contributed by atoms with Crippen LogP contribution >= 0.6 is 0 Å². The molecule has 1 amide bonds. The Labute approximate surface area is 163 Å². The normalized spacial score (nSPS) is 10.8. The van der Waals surface area contributed by atoms with Crippen LogP contribution in [0.3, 0.4) is 0 Å². The average molecular weight is 378 g/mol. The second-order valence-electron chi connectivity index (χ2n) is 5.92. The van der Waals surface area contributed by atoms with Gasteiger partial charge in [-0.25, -0.2) is 9.97 Å². The molecule has 7 nitrogen and oxygen atoms in total. The largest absolute Gasteiger partial charge is 0.493 e. The van der Waals surface area contributed by atoms with Crippen molar-refractivity contribution < 1.29 is 14.3 Å². The van der Waals surface area contributed by atoms with Crippen molar-refractivity contribution in [1.82, 2.24) is 15.3 Å². The van der Waals surface area contributed by atoms with E-state index in [0.29, 0.717) is 23.9 Å². The summed E-state index contributed by atoms with van der Waals surface area (Å²) in [6, 6.07) is 11.4. The van der Waals surface area contributed by atoms with Gasteiger partial charge in [-0.15, -0.1) is 0 Å². The highest BCUT2D eigenvalue weighted by Gasteiger charge is 2.11. The number of methoxy groups -OCH3 is 2. The molecular weight excluding hydrogens is 356 g/mol. The van der Waals surface area contributed by atoms with Crippen molar-refractivity contribution in [2.24, 2.45) is 0 Å². The molecule has 0 bridgehead atoms. The van der Waals surface area contributed by atoms with E-state index >= 15 is 0 Å². The third-order valence-corrected chi connectivity index (χ3v) is 4.09. The SMILES string of the molecule is CCNC(=O)C=Cc1ccc(Nc2ncnc3cc(OC)c(OC)cc23)cc1. The van der Waals surface area contributed by atoms with Crippen molar-refractivity contribution in [3.05, 3.63) is 54.4 Å². The lowest BCUT2D eigenvalue weighted by Gasteiger charge is -2.12. The number of aromatic nitrogens is 2. The number of carbonyl (C=O) groups excluding carboxylic acids is 1. The zero-order valence-corrected chi connectivity index (χ0v) is 16.0. The summed E-state index contributed by atoms with van der Waals surface area (Å²) in [5.74, 6) is 1.78. The summed E-state index contributed by atoms with van der Waals surface area (Å²) in [7, 11) is 3.18. The molecule has 1 aromatic heterocycles. The predicted octanol–water partition coefficient (Wildman–Crippen LogP) is 3.54. The Bertz CT molecular complexity index is 1000. The molecule has 0 aliphatic carbocycles. The van der Waals surface area contributed by atoms with E-state index in [1.807, 2.05) is 43.3 Å². The summed E-state index contributed by atoms with van der Waals surface area (Å²) in [5, 5.41) is 6.84. The van der Waals surface area contributed by atoms with Gasteiger partial charge in [-0.05, 0) is 36.8 Å². The van der Waals surface area contributed by atoms with E-state index in [0.717, 1.165) is 22.2 Å². The summed E-state index contributed by atoms with van der Waals surface area (Å²) in [5.41, 5.74) is 2.54. The molecule has 2 N–H and O–H groups in total. The fourth-order valence-electron chi connectivity index (χ4n) is 2.70. The second kappa shape index (κ2) is 8.85. The fraction of sp³-hybridized carbons (Fsp3) is 0.190. The van der Waals surface area contributed by atoms with Crippen molar-refractivity contribution in [3.63, 3.8) is 0 Å². The Morgan fingerprint density at radius 1 is 1.07 bits per heavy atom. The van der Waals surface area contributed by atoms with Gasteiger partial charge in [-0.3, -0.25) is 4.79 Å². The number of anilines is 2. The Hall–Kier alpha value is -3.61. The topological polar surface area (TPSA) is 85.4 Å². The van der Waals surface area contributed by atoms with Crippen LogP contribution in [-0.4, -0.2) is 36.6 Å². The molecule has 3 rings (SSSR count). The number of nitrogens with one attached hydrogen (secondary N) is 2. The lowest BCUT2D eigenvalue weighted by atomic mass is 10.1. The Morgan fingerprint density at radius 3 is 2.46 bits per heavy atom. The standard InChI is InChI=1S/C21H22N4O3/c1-4-22-20(26)10-7-14-5-8-15(9-6-14)25-21-16-11-18(27-2)19(28-3)12-17(16)23-13-24-21/h5-13H,4H2,1-3H3,(H,22,26)(H,23,24,25). The van der Waals surface area contributed by atoms with Crippen LogP contribution in [0.2, 0.25) is 0 Å². The number of ether oxygens (including phenoxy) is 2. The van der Waals surface area contributed by atoms with Crippen molar-refractivity contribution in [1.29, 1.82) is 0 Å². The van der Waals surface area contributed by atoms with Gasteiger partial charge in [-0.1, -0.05) is 12.1 Å². The maximum absolute atomic E-state index is 11.5. The van der Waals surface area contributed by atoms with Gasteiger partial charge in [0.1, 0.15) is 12.1 Å². The highest BCUT2D eigenvalue weighted by molar-refractivity contribution is 5.93. The maximum Gasteiger partial charge on any atom is 0.243 e. The molecule has 0 fully saturated rings. The molecule has 0 spiro atoms. The van der Waals surface area contributed by atoms with Crippen molar-refractivity contribution in [2.75, 3.05) is 26.1 Å². The summed E-state index contributed by atoms with van der Waals surface area (Å²) in [6.45, 7) is 2.49. The molecular formula is C21H22N4O3. The quantitative estimate of drug-likeness (QED) is 0.612. The summed E-state index contributed by atoms with van der Waals surface area (Å²) in [4.78, 5) is 20.2. The van der Waals surface area contributed by atoms with E-state index in [1.54, 1.807) is 20.3 Å². The first-order chi connectivity index (χ1) is 13.6. The van der Waals surface area contributed by atoms with Gasteiger partial charge in [-0.2, -0.15) is 0 Å². The van der Waals surface area contributed by atoms with Crippen LogP contribution in [-0.2, 0) is 4.79 Å². The van der Waals surface area contributed by atoms with Crippen LogP contribution in [0.4, 0.5) is 11.5 Å². The third kappa shape index (κ3) is 4.37. The van der Waals surface area contributed by atoms with E-state index in [-0.39, 0.29) is 5.91 Å². The van der Waals surface area contributed by atoms with E-state index in [1.165, 1.54) is 12.4 Å². The molecule has 0 saturated heterocycles. The first-order valence-corrected chi connectivity index (χ1v) is 8.84. The van der Waals surface area contributed by atoms with Crippen LogP contribution in [0.5, 0.6) is 11.5 Å². The monoisotopic (exact) mass is 378 g/mol. The molecule has 0 aliphatic rings. The summed E-state index contributed by atoms with van der Waals surface area (Å²) < 4.78 is 10.7. The van der Waals surface area contributed by atoms with E-state index in [2.05, 4.69) is 20.6 Å². The zero-order chi connectivity index (χ0) is 19.9. The highest BCUT2D eigenvalue weighted by atomic mass is 16.5. The number of benzene rings is 2. The summed E-state index contributed by atoms with van der Waals surface area (Å²) >= 11 is 0. The van der Waals surface area contributed by atoms with Gasteiger partial charge < -0.3 is 20.1 Å². The molecule has 1 heterocycles. The van der Waals surface area contributed by atoms with Crippen LogP contribution in [0.1, 0.15) is 12.5 Å². The van der Waals surface area contributed by atoms with Gasteiger partial charge in [0.15, 0.2) is 11.5 Å². The molecule has 0 saturated carbocycles. The lowest BCUT2D eigenvalue weighted by Crippen LogP contribution is -2.19. The van der Waals surface area contributed by atoms with Crippen LogP contribution in [0.15, 0.2) is 48.8 Å². The van der Waals surface area contributed by atoms with Gasteiger partial charge in [0.05, 0.1) is 19.7 Å². The number of hydrogen-bond donors (Lipinski definition) is 2. The second-order valence-corrected chi connectivity index (χ2v) is 5.92. The minimum absolute atomic E-state index is 0.110. The number of fused-ring (bicyclic) bond motifs is 1. The number of carbonyl (C=O) groups is 1. The number of hydrogen-bond acceptors (Lipinski definition) is 6. The average Bonchev–Trinajstić information content (AvgIpc) is 2.72. The number of likely N-dealkylation sites (N-methyl/N-ethyl adjacent to an activating group) is 1. The van der Waals surface area contributed by atoms with Crippen molar-refractivity contribution in [2.45, 2.75) is 6.92 Å². The Kier molecular flexibility index (Phi) is 6.06. The first kappa shape index (κ1) is 19.2. The molecule has 0 unspecified atom stereocenters. The minimum Gasteiger partial charge on any atom is -0.493 e. The number of amides is 1. The van der Waals surface area contributed by atoms with Crippen molar-refractivity contribution >= 4 is 34.4 Å². The van der Waals surface area contributed by atoms with E-state index in [4.69, 9.17) is 9.47 Å². The molecule has 28 heavy (non-hydrogen) atoms. The number of rotatable bonds is 7. The van der Waals surface area contributed by atoms with Crippen LogP contribution < -0.4 is 20.1 Å². The molecule has 0 aliphatic heterocycles. The van der Waals surface area contributed by atoms with Gasteiger partial charge in [0, 0.05) is 29.8 Å². The van der Waals surface area contributed by atoms with E-state index in [9.17, 15) is 4.79 Å². The van der Waals surface area contributed by atoms with E-state index < -0.39 is 0 Å².